The molecule has 1 atom stereocenters. The van der Waals surface area contributed by atoms with Crippen LogP contribution in [0.15, 0.2) is 28.7 Å². The molecule has 1 saturated heterocycles. The van der Waals surface area contributed by atoms with Crippen molar-refractivity contribution in [2.24, 2.45) is 0 Å². The third kappa shape index (κ3) is 3.44. The van der Waals surface area contributed by atoms with Crippen LogP contribution >= 0.6 is 28.3 Å². The molecule has 1 fully saturated rings. The molecule has 3 nitrogen and oxygen atoms in total. The number of nitrogens with one attached hydrogen (secondary N) is 1. The van der Waals surface area contributed by atoms with Crippen LogP contribution in [-0.2, 0) is 0 Å². The average molecular weight is 320 g/mol. The minimum absolute atomic E-state index is 0. The van der Waals surface area contributed by atoms with E-state index in [9.17, 15) is 4.79 Å². The van der Waals surface area contributed by atoms with Crippen LogP contribution in [0.1, 0.15) is 16.8 Å². The van der Waals surface area contributed by atoms with Gasteiger partial charge in [-0.15, -0.1) is 12.4 Å². The summed E-state index contributed by atoms with van der Waals surface area (Å²) in [7, 11) is 1.94. The van der Waals surface area contributed by atoms with Crippen LogP contribution in [0.4, 0.5) is 0 Å². The zero-order chi connectivity index (χ0) is 11.5. The second-order valence-electron chi connectivity index (χ2n) is 4.03. The summed E-state index contributed by atoms with van der Waals surface area (Å²) in [6.07, 6.45) is 1.04. The molecule has 2 rings (SSSR count). The quantitative estimate of drug-likeness (QED) is 0.907. The van der Waals surface area contributed by atoms with Gasteiger partial charge >= 0.3 is 0 Å². The van der Waals surface area contributed by atoms with Crippen molar-refractivity contribution in [3.63, 3.8) is 0 Å². The Morgan fingerprint density at radius 2 is 2.06 bits per heavy atom. The molecule has 1 amide bonds. The number of rotatable bonds is 2. The smallest absolute Gasteiger partial charge is 0.253 e. The summed E-state index contributed by atoms with van der Waals surface area (Å²) in [6, 6.07) is 7.97. The molecule has 1 N–H and O–H groups in total. The fourth-order valence-electron chi connectivity index (χ4n) is 1.96. The maximum Gasteiger partial charge on any atom is 0.253 e. The van der Waals surface area contributed by atoms with Crippen molar-refractivity contribution in [3.05, 3.63) is 34.3 Å². The summed E-state index contributed by atoms with van der Waals surface area (Å²) >= 11 is 3.36. The van der Waals surface area contributed by atoms with Crippen LogP contribution < -0.4 is 5.32 Å². The molecular weight excluding hydrogens is 304 g/mol. The van der Waals surface area contributed by atoms with Crippen LogP contribution in [-0.4, -0.2) is 37.0 Å². The Kier molecular flexibility index (Phi) is 5.43. The van der Waals surface area contributed by atoms with E-state index < -0.39 is 0 Å². The summed E-state index contributed by atoms with van der Waals surface area (Å²) in [4.78, 5) is 14.0. The van der Waals surface area contributed by atoms with E-state index in [1.54, 1.807) is 0 Å². The van der Waals surface area contributed by atoms with Gasteiger partial charge in [-0.3, -0.25) is 4.79 Å². The number of carbonyl (C=O) groups is 1. The van der Waals surface area contributed by atoms with E-state index in [1.165, 1.54) is 0 Å². The van der Waals surface area contributed by atoms with E-state index in [-0.39, 0.29) is 18.3 Å². The lowest BCUT2D eigenvalue weighted by Crippen LogP contribution is -2.33. The van der Waals surface area contributed by atoms with E-state index in [0.29, 0.717) is 6.04 Å². The van der Waals surface area contributed by atoms with E-state index in [1.807, 2.05) is 36.2 Å². The van der Waals surface area contributed by atoms with Gasteiger partial charge in [0.15, 0.2) is 0 Å². The Hall–Kier alpha value is -0.580. The average Bonchev–Trinajstić information content (AvgIpc) is 2.77. The molecule has 0 aromatic heterocycles. The van der Waals surface area contributed by atoms with Crippen molar-refractivity contribution in [2.45, 2.75) is 12.5 Å². The van der Waals surface area contributed by atoms with Gasteiger partial charge in [0.05, 0.1) is 0 Å². The lowest BCUT2D eigenvalue weighted by Gasteiger charge is -2.16. The number of halogens is 2. The predicted octanol–water partition coefficient (Wildman–Crippen LogP) is 2.30. The molecule has 1 unspecified atom stereocenters. The highest BCUT2D eigenvalue weighted by Gasteiger charge is 2.25. The molecule has 0 saturated carbocycles. The Bertz CT molecular complexity index is 383. The van der Waals surface area contributed by atoms with Gasteiger partial charge in [-0.1, -0.05) is 15.9 Å². The molecule has 0 bridgehead atoms. The van der Waals surface area contributed by atoms with E-state index >= 15 is 0 Å². The van der Waals surface area contributed by atoms with Crippen molar-refractivity contribution >= 4 is 34.2 Å². The Morgan fingerprint density at radius 1 is 1.41 bits per heavy atom. The van der Waals surface area contributed by atoms with Gasteiger partial charge in [0.2, 0.25) is 0 Å². The van der Waals surface area contributed by atoms with Crippen molar-refractivity contribution < 1.29 is 4.79 Å². The second kappa shape index (κ2) is 6.38. The molecular formula is C12H16BrClN2O. The second-order valence-corrected chi connectivity index (χ2v) is 4.95. The highest BCUT2D eigenvalue weighted by Crippen LogP contribution is 2.15. The number of benzene rings is 1. The lowest BCUT2D eigenvalue weighted by molar-refractivity contribution is 0.0789. The SMILES string of the molecule is CNC1CCN(C(=O)c2ccc(Br)cc2)C1.Cl. The molecule has 1 aliphatic rings. The third-order valence-corrected chi connectivity index (χ3v) is 3.50. The Balaban J connectivity index is 0.00000144. The largest absolute Gasteiger partial charge is 0.337 e. The molecule has 17 heavy (non-hydrogen) atoms. The van der Waals surface area contributed by atoms with Gasteiger partial charge in [0.1, 0.15) is 0 Å². The third-order valence-electron chi connectivity index (χ3n) is 2.97. The number of carbonyl (C=O) groups excluding carboxylic acids is 1. The maximum absolute atomic E-state index is 12.1. The van der Waals surface area contributed by atoms with Gasteiger partial charge in [-0.25, -0.2) is 0 Å². The number of likely N-dealkylation sites (tertiary alicyclic amines) is 1. The van der Waals surface area contributed by atoms with Crippen molar-refractivity contribution in [1.82, 2.24) is 10.2 Å². The minimum Gasteiger partial charge on any atom is -0.337 e. The summed E-state index contributed by atoms with van der Waals surface area (Å²) in [6.45, 7) is 1.66. The minimum atomic E-state index is 0. The molecule has 0 radical (unpaired) electrons. The zero-order valence-electron chi connectivity index (χ0n) is 9.65. The maximum atomic E-state index is 12.1. The van der Waals surface area contributed by atoms with Gasteiger partial charge in [-0.05, 0) is 37.7 Å². The van der Waals surface area contributed by atoms with Gasteiger partial charge in [0.25, 0.3) is 5.91 Å². The molecule has 1 aliphatic heterocycles. The Labute approximate surface area is 116 Å². The first-order valence-electron chi connectivity index (χ1n) is 5.43. The first-order chi connectivity index (χ1) is 7.70. The summed E-state index contributed by atoms with van der Waals surface area (Å²) in [5.41, 5.74) is 0.764. The number of hydrogen-bond acceptors (Lipinski definition) is 2. The van der Waals surface area contributed by atoms with Crippen LogP contribution in [0.2, 0.25) is 0 Å². The number of amides is 1. The normalized spacial score (nSPS) is 18.9. The summed E-state index contributed by atoms with van der Waals surface area (Å²) < 4.78 is 0.999. The zero-order valence-corrected chi connectivity index (χ0v) is 12.1. The molecule has 5 heteroatoms. The molecule has 0 spiro atoms. The molecule has 1 aromatic carbocycles. The van der Waals surface area contributed by atoms with Crippen LogP contribution in [0.5, 0.6) is 0 Å². The van der Waals surface area contributed by atoms with Gasteiger partial charge in [-0.2, -0.15) is 0 Å². The van der Waals surface area contributed by atoms with E-state index in [2.05, 4.69) is 21.2 Å². The first-order valence-corrected chi connectivity index (χ1v) is 6.22. The topological polar surface area (TPSA) is 32.3 Å². The highest BCUT2D eigenvalue weighted by molar-refractivity contribution is 9.10. The number of nitrogens with zero attached hydrogens (tertiary/aromatic N) is 1. The predicted molar refractivity (Wildman–Crippen MR) is 74.8 cm³/mol. The van der Waals surface area contributed by atoms with E-state index in [0.717, 1.165) is 29.5 Å². The highest BCUT2D eigenvalue weighted by atomic mass is 79.9. The van der Waals surface area contributed by atoms with Gasteiger partial charge < -0.3 is 10.2 Å². The fourth-order valence-corrected chi connectivity index (χ4v) is 2.22. The monoisotopic (exact) mass is 318 g/mol. The lowest BCUT2D eigenvalue weighted by atomic mass is 10.2. The molecule has 94 valence electrons. The summed E-state index contributed by atoms with van der Waals surface area (Å²) in [5.74, 6) is 0.130. The molecule has 1 heterocycles. The van der Waals surface area contributed by atoms with Crippen LogP contribution in [0.25, 0.3) is 0 Å². The van der Waals surface area contributed by atoms with E-state index in [4.69, 9.17) is 0 Å². The van der Waals surface area contributed by atoms with Crippen LogP contribution in [0.3, 0.4) is 0 Å². The first kappa shape index (κ1) is 14.5. The number of hydrogen-bond donors (Lipinski definition) is 1. The summed E-state index contributed by atoms with van der Waals surface area (Å²) in [5, 5.41) is 3.21. The fraction of sp³-hybridized carbons (Fsp3) is 0.417. The van der Waals surface area contributed by atoms with Gasteiger partial charge in [0, 0.05) is 29.2 Å². The van der Waals surface area contributed by atoms with Crippen molar-refractivity contribution in [3.8, 4) is 0 Å². The Morgan fingerprint density at radius 3 is 2.59 bits per heavy atom. The standard InChI is InChI=1S/C12H15BrN2O.ClH/c1-14-11-6-7-15(8-11)12(16)9-2-4-10(13)5-3-9;/h2-5,11,14H,6-8H2,1H3;1H. The van der Waals surface area contributed by atoms with Crippen LogP contribution in [0, 0.1) is 0 Å². The molecule has 0 aliphatic carbocycles. The van der Waals surface area contributed by atoms with Crippen molar-refractivity contribution in [1.29, 1.82) is 0 Å². The number of likely N-dealkylation sites (N-methyl/N-ethyl adjacent to an activating group) is 1. The molecule has 1 aromatic rings. The van der Waals surface area contributed by atoms with Crippen molar-refractivity contribution in [2.75, 3.05) is 20.1 Å².